The summed E-state index contributed by atoms with van der Waals surface area (Å²) in [6.07, 6.45) is 2.33. The molecule has 70 heavy (non-hydrogen) atoms. The molecule has 9 aromatic rings. The molecule has 10 rings (SSSR count). The fourth-order valence-corrected chi connectivity index (χ4v) is 11.6. The number of nitrogens with one attached hydrogen (secondary N) is 2. The molecular formula is C42H32N8O15S5. The molecule has 3 heterocycles. The molecule has 23 nitrogen and oxygen atoms in total. The van der Waals surface area contributed by atoms with Crippen LogP contribution in [-0.2, 0) is 50.6 Å². The maximum absolute atomic E-state index is 12.8. The van der Waals surface area contributed by atoms with E-state index < -0.39 is 65.3 Å². The van der Waals surface area contributed by atoms with Gasteiger partial charge in [-0.15, -0.1) is 14.1 Å². The van der Waals surface area contributed by atoms with Crippen molar-refractivity contribution in [2.75, 3.05) is 22.4 Å². The number of aryl methyl sites for hydroxylation is 1. The monoisotopic (exact) mass is 1050 g/mol. The summed E-state index contributed by atoms with van der Waals surface area (Å²) in [7, 11) is -24.0. The van der Waals surface area contributed by atoms with E-state index in [0.29, 0.717) is 44.1 Å². The minimum atomic E-state index is -5.00. The van der Waals surface area contributed by atoms with Gasteiger partial charge in [0.15, 0.2) is 0 Å². The Bertz CT molecular complexity index is 4390. The molecule has 360 valence electrons. The lowest BCUT2D eigenvalue weighted by Crippen LogP contribution is -2.29. The van der Waals surface area contributed by atoms with Gasteiger partial charge in [-0.2, -0.15) is 52.3 Å². The number of azo groups is 1. The van der Waals surface area contributed by atoms with E-state index in [1.54, 1.807) is 51.5 Å². The molecule has 0 spiro atoms. The summed E-state index contributed by atoms with van der Waals surface area (Å²) in [6.45, 7) is 1.62. The number of hydrogen-bond donors (Lipinski definition) is 7. The molecule has 0 atom stereocenters. The number of aromatic nitrogens is 3. The molecule has 2 aromatic heterocycles. The van der Waals surface area contributed by atoms with Crippen LogP contribution < -0.4 is 15.8 Å². The van der Waals surface area contributed by atoms with Crippen molar-refractivity contribution in [2.45, 2.75) is 31.4 Å². The summed E-state index contributed by atoms with van der Waals surface area (Å²) < 4.78 is 177. The molecule has 0 saturated carbocycles. The van der Waals surface area contributed by atoms with E-state index in [1.807, 2.05) is 0 Å². The first-order valence-electron chi connectivity index (χ1n) is 20.0. The molecular weight excluding hydrogens is 1020 g/mol. The summed E-state index contributed by atoms with van der Waals surface area (Å²) in [5, 5.41) is 14.4. The van der Waals surface area contributed by atoms with E-state index in [2.05, 4.69) is 21.0 Å². The molecule has 0 saturated heterocycles. The van der Waals surface area contributed by atoms with Crippen LogP contribution in [0, 0.1) is 6.92 Å². The molecule has 28 heteroatoms. The van der Waals surface area contributed by atoms with E-state index in [4.69, 9.17) is 0 Å². The molecule has 0 amide bonds. The summed E-state index contributed by atoms with van der Waals surface area (Å²) in [5.74, 6) is 0. The van der Waals surface area contributed by atoms with Gasteiger partial charge in [-0.25, -0.2) is 0 Å². The predicted molar refractivity (Wildman–Crippen MR) is 255 cm³/mol. The summed E-state index contributed by atoms with van der Waals surface area (Å²) >= 11 is 0. The van der Waals surface area contributed by atoms with Crippen molar-refractivity contribution in [3.8, 4) is 5.69 Å². The number of rotatable bonds is 12. The van der Waals surface area contributed by atoms with Crippen molar-refractivity contribution in [1.29, 1.82) is 0 Å². The lowest BCUT2D eigenvalue weighted by molar-refractivity contribution is 0.480. The molecule has 7 aromatic carbocycles. The van der Waals surface area contributed by atoms with Gasteiger partial charge in [0.1, 0.15) is 43.0 Å². The molecule has 0 fully saturated rings. The first-order valence-corrected chi connectivity index (χ1v) is 27.2. The van der Waals surface area contributed by atoms with E-state index in [0.717, 1.165) is 24.3 Å². The topological polar surface area (TPSA) is 338 Å². The van der Waals surface area contributed by atoms with Gasteiger partial charge in [0.2, 0.25) is 0 Å². The number of nitrogens with zero attached hydrogens (tertiary/aromatic N) is 6. The minimum Gasteiger partial charge on any atom is -0.364 e. The molecule has 0 unspecified atom stereocenters. The highest BCUT2D eigenvalue weighted by Crippen LogP contribution is 2.43. The predicted octanol–water partition coefficient (Wildman–Crippen LogP) is 7.07. The lowest BCUT2D eigenvalue weighted by atomic mass is 10.1. The van der Waals surface area contributed by atoms with Crippen LogP contribution in [0.4, 0.5) is 28.4 Å². The van der Waals surface area contributed by atoms with E-state index in [-0.39, 0.29) is 55.7 Å². The van der Waals surface area contributed by atoms with Gasteiger partial charge in [0.25, 0.3) is 50.6 Å². The van der Waals surface area contributed by atoms with Crippen LogP contribution >= 0.6 is 0 Å². The van der Waals surface area contributed by atoms with Crippen molar-refractivity contribution in [1.82, 2.24) is 14.1 Å². The van der Waals surface area contributed by atoms with Gasteiger partial charge >= 0.3 is 0 Å². The van der Waals surface area contributed by atoms with Crippen LogP contribution in [-0.4, -0.2) is 85.6 Å². The smallest absolute Gasteiger partial charge is 0.296 e. The van der Waals surface area contributed by atoms with Gasteiger partial charge in [0, 0.05) is 16.2 Å². The van der Waals surface area contributed by atoms with Crippen LogP contribution in [0.3, 0.4) is 0 Å². The Kier molecular flexibility index (Phi) is 10.6. The number of benzene rings is 7. The Hall–Kier alpha value is -7.25. The first kappa shape index (κ1) is 46.5. The van der Waals surface area contributed by atoms with Crippen LogP contribution in [0.5, 0.6) is 0 Å². The van der Waals surface area contributed by atoms with E-state index in [1.165, 1.54) is 71.5 Å². The van der Waals surface area contributed by atoms with Crippen LogP contribution in [0.25, 0.3) is 50.4 Å². The highest BCUT2D eigenvalue weighted by atomic mass is 32.2. The molecule has 1 aliphatic heterocycles. The number of anilines is 3. The van der Waals surface area contributed by atoms with Gasteiger partial charge in [-0.05, 0) is 89.7 Å². The molecule has 7 N–H and O–H groups in total. The van der Waals surface area contributed by atoms with Crippen molar-refractivity contribution in [3.05, 3.63) is 126 Å². The van der Waals surface area contributed by atoms with Crippen molar-refractivity contribution in [2.24, 2.45) is 10.2 Å². The second-order valence-corrected chi connectivity index (χ2v) is 22.8. The molecule has 1 aliphatic rings. The second-order valence-electron chi connectivity index (χ2n) is 15.9. The van der Waals surface area contributed by atoms with Gasteiger partial charge in [-0.3, -0.25) is 33.2 Å². The van der Waals surface area contributed by atoms with Crippen LogP contribution in [0.1, 0.15) is 16.7 Å². The third-order valence-corrected chi connectivity index (χ3v) is 15.9. The largest absolute Gasteiger partial charge is 0.364 e. The number of hydrazine groups is 1. The third-order valence-electron chi connectivity index (χ3n) is 11.4. The normalized spacial score (nSPS) is 14.1. The average molecular weight is 1050 g/mol. The second kappa shape index (κ2) is 15.9. The Balaban J connectivity index is 0.936. The van der Waals surface area contributed by atoms with E-state index in [9.17, 15) is 64.9 Å². The Morgan fingerprint density at radius 2 is 1.23 bits per heavy atom. The standard InChI is InChI=1S/C42H32N8O15S5/c1-23-16-36(49-48-35-15-10-26-17-29(66(51,52)53)13-14-30(26)42(35)50(48)49)40(70(63,64)65)20-33(23)45-44-27-11-8-24(37(18-27)67(54,55)56)6-7-25-9-12-28(19-38(25)68(57,58)59)46-47-22-43-34-21-39(69(60,61)62)31-4-2-3-5-32(31)41(34)47/h2-21,43,46H,22H2,1H3,(H,51,52,53)(H,54,55,56)(H,57,58,59)(H,60,61,62)(H,63,64,65). The molecule has 0 bridgehead atoms. The van der Waals surface area contributed by atoms with Crippen molar-refractivity contribution < 1.29 is 64.9 Å². The van der Waals surface area contributed by atoms with Crippen molar-refractivity contribution in [3.63, 3.8) is 0 Å². The summed E-state index contributed by atoms with van der Waals surface area (Å²) in [5.41, 5.74) is 5.08. The minimum absolute atomic E-state index is 0.00765. The molecule has 0 radical (unpaired) electrons. The zero-order valence-electron chi connectivity index (χ0n) is 35.3. The Morgan fingerprint density at radius 3 is 1.89 bits per heavy atom. The van der Waals surface area contributed by atoms with Gasteiger partial charge in [0.05, 0.1) is 33.3 Å². The number of hydrogen-bond acceptors (Lipinski definition) is 15. The number of fused-ring (bicyclic) bond motifs is 9. The highest BCUT2D eigenvalue weighted by molar-refractivity contribution is 7.87. The van der Waals surface area contributed by atoms with Crippen molar-refractivity contribution >= 4 is 124 Å². The SMILES string of the molecule is Cc1cc(-n2n3c4ccc5cc(S(=O)(=O)O)ccc5c4n23)c(S(=O)(=O)O)cc1N=Nc1ccc(C=Cc2ccc(NN3CNc4cc(S(=O)(=O)O)c5ccccc5c43)cc2S(=O)(=O)O)c(S(=O)(=O)O)c1. The average Bonchev–Trinajstić information content (AvgIpc) is 3.74. The van der Waals surface area contributed by atoms with Gasteiger partial charge in [-0.1, -0.05) is 60.7 Å². The molecule has 0 aliphatic carbocycles. The Labute approximate surface area is 396 Å². The van der Waals surface area contributed by atoms with Gasteiger partial charge < -0.3 is 5.32 Å². The first-order chi connectivity index (χ1) is 32.8. The summed E-state index contributed by atoms with van der Waals surface area (Å²) in [6, 6.07) is 24.7. The lowest BCUT2D eigenvalue weighted by Gasteiger charge is -2.22. The zero-order chi connectivity index (χ0) is 50.0. The highest BCUT2D eigenvalue weighted by Gasteiger charge is 2.32. The van der Waals surface area contributed by atoms with Crippen LogP contribution in [0.2, 0.25) is 0 Å². The fourth-order valence-electron chi connectivity index (χ4n) is 8.29. The summed E-state index contributed by atoms with van der Waals surface area (Å²) in [4.78, 5) is -1.08. The zero-order valence-corrected chi connectivity index (χ0v) is 39.4. The van der Waals surface area contributed by atoms with Crippen LogP contribution in [0.15, 0.2) is 144 Å². The quantitative estimate of drug-likeness (QED) is 0.0365. The van der Waals surface area contributed by atoms with E-state index >= 15 is 0 Å². The fraction of sp³-hybridized carbons (Fsp3) is 0.0476. The Morgan fingerprint density at radius 1 is 0.586 bits per heavy atom. The third kappa shape index (κ3) is 8.19. The maximum atomic E-state index is 12.8. The maximum Gasteiger partial charge on any atom is 0.296 e.